The van der Waals surface area contributed by atoms with Gasteiger partial charge in [-0.05, 0) is 52.8 Å². The van der Waals surface area contributed by atoms with Crippen LogP contribution in [0, 0.1) is 13.8 Å². The van der Waals surface area contributed by atoms with Crippen LogP contribution in [0.4, 0.5) is 0 Å². The summed E-state index contributed by atoms with van der Waals surface area (Å²) in [7, 11) is -2.51. The Bertz CT molecular complexity index is 1390. The molecule has 200 valence electrons. The molecule has 0 amide bonds. The van der Waals surface area contributed by atoms with Crippen molar-refractivity contribution in [2.45, 2.75) is 92.4 Å². The minimum atomic E-state index is -2.51. The highest BCUT2D eigenvalue weighted by Gasteiger charge is 2.47. The van der Waals surface area contributed by atoms with Crippen molar-refractivity contribution in [3.8, 4) is 0 Å². The normalized spacial score (nSPS) is 12.9. The molecule has 0 aromatic heterocycles. The summed E-state index contributed by atoms with van der Waals surface area (Å²) in [4.78, 5) is 28.3. The molecule has 0 spiro atoms. The molecule has 3 aromatic carbocycles. The van der Waals surface area contributed by atoms with Crippen LogP contribution in [0.2, 0.25) is 0 Å². The molecule has 0 aliphatic rings. The summed E-state index contributed by atoms with van der Waals surface area (Å²) in [6, 6.07) is 17.0. The van der Waals surface area contributed by atoms with E-state index in [9.17, 15) is 14.2 Å². The number of carbonyl (C=O) groups is 2. The van der Waals surface area contributed by atoms with E-state index in [0.717, 1.165) is 22.3 Å². The zero-order chi connectivity index (χ0) is 28.8. The molecule has 1 atom stereocenters. The van der Waals surface area contributed by atoms with Crippen molar-refractivity contribution in [3.63, 3.8) is 0 Å². The molecule has 0 radical (unpaired) electrons. The summed E-state index contributed by atoms with van der Waals surface area (Å²) in [6.07, 6.45) is 0. The maximum Gasteiger partial charge on any atom is 0.459 e. The molecule has 3 nitrogen and oxygen atoms in total. The Morgan fingerprint density at radius 2 is 1.13 bits per heavy atom. The number of hydrogen-bond donors (Lipinski definition) is 0. The highest BCUT2D eigenvalue weighted by molar-refractivity contribution is 7.71. The van der Waals surface area contributed by atoms with E-state index in [1.165, 1.54) is 0 Å². The Balaban J connectivity index is 2.55. The number of carbonyl (C=O) groups excluding carboxylic acids is 2. The summed E-state index contributed by atoms with van der Waals surface area (Å²) in [5.41, 5.74) is 4.04. The number of benzene rings is 3. The molecule has 38 heavy (non-hydrogen) atoms. The van der Waals surface area contributed by atoms with Gasteiger partial charge in [0.2, 0.25) is 5.30 Å². The van der Waals surface area contributed by atoms with Gasteiger partial charge < -0.3 is 0 Å². The van der Waals surface area contributed by atoms with Gasteiger partial charge in [-0.2, -0.15) is 0 Å². The topological polar surface area (TPSA) is 51.2 Å². The number of hydrogen-bond acceptors (Lipinski definition) is 3. The monoisotopic (exact) mass is 529 g/mol. The van der Waals surface area contributed by atoms with Crippen LogP contribution in [-0.2, 0) is 20.8 Å². The lowest BCUT2D eigenvalue weighted by Crippen LogP contribution is -2.35. The lowest BCUT2D eigenvalue weighted by atomic mass is 9.70. The van der Waals surface area contributed by atoms with Crippen molar-refractivity contribution in [1.82, 2.24) is 0 Å². The van der Waals surface area contributed by atoms with Crippen LogP contribution < -0.4 is 5.30 Å². The van der Waals surface area contributed by atoms with Gasteiger partial charge in [-0.15, -0.1) is 0 Å². The van der Waals surface area contributed by atoms with Crippen LogP contribution in [0.25, 0.3) is 0 Å². The van der Waals surface area contributed by atoms with E-state index in [1.54, 1.807) is 0 Å². The summed E-state index contributed by atoms with van der Waals surface area (Å²) in [6.45, 7) is 22.4. The third-order valence-electron chi connectivity index (χ3n) is 7.01. The third kappa shape index (κ3) is 5.74. The van der Waals surface area contributed by atoms with Gasteiger partial charge in [-0.1, -0.05) is 115 Å². The zero-order valence-electron chi connectivity index (χ0n) is 24.9. The Hall–Kier alpha value is -2.90. The van der Waals surface area contributed by atoms with Gasteiger partial charge in [-0.25, -0.2) is 4.79 Å². The van der Waals surface area contributed by atoms with E-state index in [1.807, 2.05) is 89.2 Å². The molecule has 0 aliphatic heterocycles. The van der Waals surface area contributed by atoms with Crippen LogP contribution >= 0.6 is 7.80 Å². The maximum absolute atomic E-state index is 14.5. The molecule has 0 bridgehead atoms. The smallest absolute Gasteiger partial charge is 0.289 e. The number of rotatable bonds is 5. The molecule has 0 aliphatic carbocycles. The van der Waals surface area contributed by atoms with Crippen molar-refractivity contribution in [2.24, 2.45) is 0 Å². The summed E-state index contributed by atoms with van der Waals surface area (Å²) in [5, 5.41) is 0.514. The average Bonchev–Trinajstić information content (AvgIpc) is 2.80. The van der Waals surface area contributed by atoms with Gasteiger partial charge in [-0.3, -0.25) is 4.79 Å². The van der Waals surface area contributed by atoms with E-state index >= 15 is 0 Å². The van der Waals surface area contributed by atoms with Gasteiger partial charge >= 0.3 is 13.3 Å². The van der Waals surface area contributed by atoms with E-state index < -0.39 is 18.6 Å². The molecule has 3 rings (SSSR count). The molecule has 4 heteroatoms. The van der Waals surface area contributed by atoms with Gasteiger partial charge in [0.1, 0.15) is 0 Å². The van der Waals surface area contributed by atoms with E-state index in [2.05, 4.69) is 41.5 Å². The van der Waals surface area contributed by atoms with E-state index in [4.69, 9.17) is 0 Å². The lowest BCUT2D eigenvalue weighted by Gasteiger charge is -2.33. The van der Waals surface area contributed by atoms with E-state index in [-0.39, 0.29) is 16.7 Å². The minimum absolute atomic E-state index is 0.106. The molecule has 3 aromatic rings. The second-order valence-electron chi connectivity index (χ2n) is 13.4. The Kier molecular flexibility index (Phi) is 8.07. The highest BCUT2D eigenvalue weighted by Crippen LogP contribution is 2.44. The first-order chi connectivity index (χ1) is 17.4. The molecule has 1 unspecified atom stereocenters. The molecule has 0 saturated heterocycles. The maximum atomic E-state index is 14.5. The summed E-state index contributed by atoms with van der Waals surface area (Å²) >= 11 is 0. The first-order valence-electron chi connectivity index (χ1n) is 13.3. The fourth-order valence-electron chi connectivity index (χ4n) is 5.10. The van der Waals surface area contributed by atoms with Gasteiger partial charge in [0.05, 0.1) is 5.56 Å². The number of ketones is 1. The first kappa shape index (κ1) is 29.7. The standard InChI is InChI=1S/C34H42O3P/c1-21-16-15-17-22(2)26(21)31(36)38(37)30-25(33(6,7)8)20-24(32(3,4)5)27(28(30)34(9,10)11)29(35)23-18-13-12-14-19-23/h12-20H,1-11H3/q+1. The average molecular weight is 530 g/mol. The lowest BCUT2D eigenvalue weighted by molar-refractivity contribution is 0.103. The molecule has 0 fully saturated rings. The van der Waals surface area contributed by atoms with Crippen molar-refractivity contribution >= 4 is 24.4 Å². The largest absolute Gasteiger partial charge is 0.459 e. The second-order valence-corrected chi connectivity index (χ2v) is 14.8. The molecule has 0 heterocycles. The van der Waals surface area contributed by atoms with Crippen LogP contribution in [-0.4, -0.2) is 11.3 Å². The van der Waals surface area contributed by atoms with E-state index in [0.29, 0.717) is 27.6 Å². The summed E-state index contributed by atoms with van der Waals surface area (Å²) in [5.74, 6) is -0.106. The van der Waals surface area contributed by atoms with Crippen LogP contribution in [0.5, 0.6) is 0 Å². The quantitative estimate of drug-likeness (QED) is 0.245. The summed E-state index contributed by atoms with van der Waals surface area (Å²) < 4.78 is 14.5. The van der Waals surface area contributed by atoms with Crippen molar-refractivity contribution < 1.29 is 14.2 Å². The minimum Gasteiger partial charge on any atom is -0.289 e. The van der Waals surface area contributed by atoms with Crippen LogP contribution in [0.3, 0.4) is 0 Å². The molecule has 0 N–H and O–H groups in total. The van der Waals surface area contributed by atoms with Gasteiger partial charge in [0, 0.05) is 22.3 Å². The second kappa shape index (κ2) is 10.3. The Labute approximate surface area is 229 Å². The Morgan fingerprint density at radius 1 is 0.632 bits per heavy atom. The SMILES string of the molecule is Cc1cccc(C)c1C(=O)[P+](=O)c1c(C(C)(C)C)cc(C(C)(C)C)c(C(=O)c2ccccc2)c1C(C)(C)C. The number of aryl methyl sites for hydroxylation is 2. The van der Waals surface area contributed by atoms with Crippen molar-refractivity contribution in [3.05, 3.63) is 99.1 Å². The van der Waals surface area contributed by atoms with Crippen LogP contribution in [0.1, 0.15) is 116 Å². The fraction of sp³-hybridized carbons (Fsp3) is 0.412. The third-order valence-corrected chi connectivity index (χ3v) is 8.47. The van der Waals surface area contributed by atoms with Gasteiger partial charge in [0.15, 0.2) is 5.78 Å². The van der Waals surface area contributed by atoms with Gasteiger partial charge in [0.25, 0.3) is 0 Å². The fourth-order valence-corrected chi connectivity index (χ4v) is 7.13. The molecular formula is C34H42O3P+. The first-order valence-corrected chi connectivity index (χ1v) is 14.5. The zero-order valence-corrected chi connectivity index (χ0v) is 25.8. The van der Waals surface area contributed by atoms with Crippen molar-refractivity contribution in [2.75, 3.05) is 0 Å². The molecule has 0 saturated carbocycles. The van der Waals surface area contributed by atoms with Crippen LogP contribution in [0.15, 0.2) is 54.6 Å². The highest BCUT2D eigenvalue weighted by atomic mass is 31.1. The Morgan fingerprint density at radius 3 is 1.58 bits per heavy atom. The van der Waals surface area contributed by atoms with Crippen molar-refractivity contribution in [1.29, 1.82) is 0 Å². The molecular weight excluding hydrogens is 487 g/mol. The predicted octanol–water partition coefficient (Wildman–Crippen LogP) is 8.72. The predicted molar refractivity (Wildman–Crippen MR) is 160 cm³/mol.